The molecular weight excluding hydrogens is 953 g/mol. The molecule has 382 valence electrons. The molecule has 12 nitrogen and oxygen atoms in total. The summed E-state index contributed by atoms with van der Waals surface area (Å²) in [6, 6.07) is 37.5. The van der Waals surface area contributed by atoms with Crippen molar-refractivity contribution in [2.75, 3.05) is 52.4 Å². The molecule has 4 atom stereocenters. The summed E-state index contributed by atoms with van der Waals surface area (Å²) in [6.07, 6.45) is 1.75. The monoisotopic (exact) mass is 1010 g/mol. The fourth-order valence-electron chi connectivity index (χ4n) is 9.43. The van der Waals surface area contributed by atoms with Crippen molar-refractivity contribution in [1.82, 2.24) is 31.1 Å². The van der Waals surface area contributed by atoms with Gasteiger partial charge in [0, 0.05) is 63.5 Å². The number of amides is 6. The molecule has 0 spiro atoms. The lowest BCUT2D eigenvalue weighted by Crippen LogP contribution is -2.42. The van der Waals surface area contributed by atoms with Crippen LogP contribution in [0.15, 0.2) is 146 Å². The molecule has 4 N–H and O–H groups in total. The molecule has 0 radical (unpaired) electrons. The quantitative estimate of drug-likeness (QED) is 0.0661. The smallest absolute Gasteiger partial charge is 0.253 e. The fraction of sp³-hybridized carbons (Fsp3) is 0.276. The Morgan fingerprint density at radius 1 is 0.338 bits per heavy atom. The van der Waals surface area contributed by atoms with Gasteiger partial charge in [-0.2, -0.15) is 0 Å². The van der Waals surface area contributed by atoms with Gasteiger partial charge in [-0.1, -0.05) is 72.8 Å². The van der Waals surface area contributed by atoms with Gasteiger partial charge in [0.2, 0.25) is 23.6 Å². The summed E-state index contributed by atoms with van der Waals surface area (Å²) in [5, 5.41) is 11.6. The number of hydrogen-bond donors (Lipinski definition) is 4. The van der Waals surface area contributed by atoms with Crippen molar-refractivity contribution < 1.29 is 46.3 Å². The maximum atomic E-state index is 14.0. The van der Waals surface area contributed by atoms with Crippen LogP contribution in [0.5, 0.6) is 0 Å². The molecule has 6 aromatic rings. The van der Waals surface area contributed by atoms with Crippen LogP contribution in [-0.4, -0.2) is 97.6 Å². The van der Waals surface area contributed by atoms with Crippen molar-refractivity contribution in [1.29, 1.82) is 0 Å². The topological polar surface area (TPSA) is 157 Å². The highest BCUT2D eigenvalue weighted by molar-refractivity contribution is 5.98. The molecule has 6 aromatic carbocycles. The Morgan fingerprint density at radius 3 is 0.770 bits per heavy atom. The molecule has 6 amide bonds. The summed E-state index contributed by atoms with van der Waals surface area (Å²) in [7, 11) is 0. The SMILES string of the molecule is O=C(NCCc1ccc(F)cc1)[C@@H]1CN(C(=O)c2ccc(-c3ccc(C(=O)N4C[C@@H](C(=O)NCCc5ccc(F)cc5)[C@H](C(=O)NCCc5ccc(F)cc5)C4)cc3)cc2)C[C@H]1C(=O)NCCc1ccc(F)cc1. The van der Waals surface area contributed by atoms with E-state index in [1.165, 1.54) is 58.3 Å². The third-order valence-corrected chi connectivity index (χ3v) is 13.7. The first-order valence-corrected chi connectivity index (χ1v) is 24.7. The molecule has 16 heteroatoms. The van der Waals surface area contributed by atoms with Crippen LogP contribution >= 0.6 is 0 Å². The van der Waals surface area contributed by atoms with Crippen LogP contribution in [0.25, 0.3) is 11.1 Å². The van der Waals surface area contributed by atoms with Gasteiger partial charge in [-0.3, -0.25) is 28.8 Å². The lowest BCUT2D eigenvalue weighted by molar-refractivity contribution is -0.132. The minimum Gasteiger partial charge on any atom is -0.355 e. The zero-order valence-electron chi connectivity index (χ0n) is 40.5. The first-order chi connectivity index (χ1) is 35.8. The van der Waals surface area contributed by atoms with Gasteiger partial charge in [-0.25, -0.2) is 17.6 Å². The maximum absolute atomic E-state index is 14.0. The average molecular weight is 1010 g/mol. The minimum absolute atomic E-state index is 0.00258. The largest absolute Gasteiger partial charge is 0.355 e. The van der Waals surface area contributed by atoms with E-state index in [0.717, 1.165) is 33.4 Å². The number of benzene rings is 6. The van der Waals surface area contributed by atoms with E-state index in [2.05, 4.69) is 21.3 Å². The second kappa shape index (κ2) is 24.5. The molecule has 2 aliphatic heterocycles. The molecule has 0 unspecified atom stereocenters. The van der Waals surface area contributed by atoms with Gasteiger partial charge in [0.25, 0.3) is 11.8 Å². The van der Waals surface area contributed by atoms with Crippen LogP contribution in [0.3, 0.4) is 0 Å². The van der Waals surface area contributed by atoms with Crippen LogP contribution in [0.2, 0.25) is 0 Å². The Hall–Kier alpha value is -8.14. The summed E-state index contributed by atoms with van der Waals surface area (Å²) in [6.45, 7) is 0.954. The van der Waals surface area contributed by atoms with Crippen molar-refractivity contribution in [2.24, 2.45) is 23.7 Å². The number of nitrogens with one attached hydrogen (secondary N) is 4. The first-order valence-electron chi connectivity index (χ1n) is 24.7. The van der Waals surface area contributed by atoms with E-state index in [-0.39, 0.29) is 111 Å². The van der Waals surface area contributed by atoms with Gasteiger partial charge in [0.1, 0.15) is 23.3 Å². The lowest BCUT2D eigenvalue weighted by atomic mass is 9.94. The molecule has 0 bridgehead atoms. The second-order valence-electron chi connectivity index (χ2n) is 18.7. The van der Waals surface area contributed by atoms with Gasteiger partial charge in [-0.15, -0.1) is 0 Å². The molecule has 2 heterocycles. The molecule has 0 aromatic heterocycles. The Balaban J connectivity index is 0.891. The summed E-state index contributed by atoms with van der Waals surface area (Å²) >= 11 is 0. The third-order valence-electron chi connectivity index (χ3n) is 13.7. The predicted molar refractivity (Wildman–Crippen MR) is 270 cm³/mol. The number of nitrogens with zero attached hydrogens (tertiary/aromatic N) is 2. The van der Waals surface area contributed by atoms with E-state index in [4.69, 9.17) is 0 Å². The fourth-order valence-corrected chi connectivity index (χ4v) is 9.43. The average Bonchev–Trinajstić information content (AvgIpc) is 4.08. The molecule has 2 fully saturated rings. The predicted octanol–water partition coefficient (Wildman–Crippen LogP) is 6.72. The van der Waals surface area contributed by atoms with Gasteiger partial charge >= 0.3 is 0 Å². The van der Waals surface area contributed by atoms with Crippen molar-refractivity contribution in [3.63, 3.8) is 0 Å². The van der Waals surface area contributed by atoms with E-state index in [1.54, 1.807) is 97.1 Å². The summed E-state index contributed by atoms with van der Waals surface area (Å²) in [5.41, 5.74) is 5.46. The van der Waals surface area contributed by atoms with Crippen LogP contribution in [0, 0.1) is 46.9 Å². The van der Waals surface area contributed by atoms with Gasteiger partial charge in [0.05, 0.1) is 23.7 Å². The highest BCUT2D eigenvalue weighted by atomic mass is 19.1. The van der Waals surface area contributed by atoms with Gasteiger partial charge in [-0.05, 0) is 132 Å². The molecule has 2 aliphatic rings. The Morgan fingerprint density at radius 2 is 0.554 bits per heavy atom. The highest BCUT2D eigenvalue weighted by Crippen LogP contribution is 2.29. The zero-order chi connectivity index (χ0) is 52.1. The number of halogens is 4. The first kappa shape index (κ1) is 52.2. The van der Waals surface area contributed by atoms with E-state index < -0.39 is 23.7 Å². The van der Waals surface area contributed by atoms with E-state index in [9.17, 15) is 46.3 Å². The van der Waals surface area contributed by atoms with Crippen LogP contribution in [0.1, 0.15) is 43.0 Å². The zero-order valence-corrected chi connectivity index (χ0v) is 40.5. The Labute approximate surface area is 426 Å². The molecule has 0 aliphatic carbocycles. The molecular formula is C58H56F4N6O6. The molecule has 0 saturated carbocycles. The maximum Gasteiger partial charge on any atom is 0.253 e. The number of rotatable bonds is 19. The normalized spacial score (nSPS) is 17.1. The molecule has 8 rings (SSSR count). The van der Waals surface area contributed by atoms with Crippen molar-refractivity contribution in [3.05, 3.63) is 202 Å². The highest BCUT2D eigenvalue weighted by Gasteiger charge is 2.45. The molecule has 2 saturated heterocycles. The summed E-state index contributed by atoms with van der Waals surface area (Å²) in [5.74, 6) is -7.13. The minimum atomic E-state index is -0.844. The number of hydrogen-bond acceptors (Lipinski definition) is 6. The van der Waals surface area contributed by atoms with Crippen LogP contribution in [0.4, 0.5) is 17.6 Å². The Bertz CT molecular complexity index is 2580. The third kappa shape index (κ3) is 13.7. The van der Waals surface area contributed by atoms with Crippen molar-refractivity contribution in [2.45, 2.75) is 25.7 Å². The van der Waals surface area contributed by atoms with Crippen molar-refractivity contribution >= 4 is 35.4 Å². The summed E-state index contributed by atoms with van der Waals surface area (Å²) < 4.78 is 53.8. The van der Waals surface area contributed by atoms with Gasteiger partial charge in [0.15, 0.2) is 0 Å². The number of carbonyl (C=O) groups is 6. The lowest BCUT2D eigenvalue weighted by Gasteiger charge is -2.17. The van der Waals surface area contributed by atoms with Gasteiger partial charge < -0.3 is 31.1 Å². The van der Waals surface area contributed by atoms with Crippen LogP contribution in [-0.2, 0) is 44.9 Å². The van der Waals surface area contributed by atoms with Crippen LogP contribution < -0.4 is 21.3 Å². The second-order valence-corrected chi connectivity index (χ2v) is 18.7. The number of carbonyl (C=O) groups excluding carboxylic acids is 6. The standard InChI is InChI=1S/C58H56F4N6O6/c59-45-17-1-37(2-18-45)25-29-63-53(69)49-33-67(34-50(49)54(70)64-30-26-38-3-19-46(60)20-4-38)57(73)43-13-9-41(10-14-43)42-11-15-44(16-12-42)58(74)68-35-51(55(71)65-31-27-39-5-21-47(61)22-6-39)52(36-68)56(72)66-32-28-40-7-23-48(62)24-8-40/h1-24,49-52H,25-36H2,(H,63,69)(H,64,70)(H,65,71)(H,66,72)/t49-,50-,51-,52-/m1/s1. The summed E-state index contributed by atoms with van der Waals surface area (Å²) in [4.78, 5) is 85.5. The van der Waals surface area contributed by atoms with E-state index in [1.807, 2.05) is 0 Å². The number of likely N-dealkylation sites (tertiary alicyclic amines) is 2. The van der Waals surface area contributed by atoms with E-state index in [0.29, 0.717) is 36.8 Å². The molecule has 74 heavy (non-hydrogen) atoms. The van der Waals surface area contributed by atoms with E-state index >= 15 is 0 Å². The van der Waals surface area contributed by atoms with Crippen molar-refractivity contribution in [3.8, 4) is 11.1 Å². The Kier molecular flexibility index (Phi) is 17.3.